The molecule has 2 N–H and O–H groups in total. The van der Waals surface area contributed by atoms with Crippen molar-refractivity contribution >= 4 is 5.69 Å². The number of aromatic nitrogens is 1. The van der Waals surface area contributed by atoms with Gasteiger partial charge >= 0.3 is 0 Å². The molecular weight excluding hydrogens is 216 g/mol. The summed E-state index contributed by atoms with van der Waals surface area (Å²) in [6.45, 7) is 0.781. The van der Waals surface area contributed by atoms with E-state index in [4.69, 9.17) is 5.11 Å². The number of aryl methyl sites for hydroxylation is 1. The van der Waals surface area contributed by atoms with Gasteiger partial charge in [-0.2, -0.15) is 0 Å². The molecule has 16 heavy (non-hydrogen) atoms. The Hall–Kier alpha value is -1.73. The van der Waals surface area contributed by atoms with Crippen molar-refractivity contribution in [3.63, 3.8) is 0 Å². The van der Waals surface area contributed by atoms with Gasteiger partial charge in [-0.3, -0.25) is 14.9 Å². The van der Waals surface area contributed by atoms with Crippen LogP contribution in [0.2, 0.25) is 0 Å². The highest BCUT2D eigenvalue weighted by molar-refractivity contribution is 5.30. The molecule has 0 aliphatic carbocycles. The van der Waals surface area contributed by atoms with Crippen LogP contribution in [-0.2, 0) is 6.54 Å². The van der Waals surface area contributed by atoms with Crippen LogP contribution < -0.4 is 5.56 Å². The summed E-state index contributed by atoms with van der Waals surface area (Å²) < 4.78 is 1.02. The first-order chi connectivity index (χ1) is 7.45. The zero-order chi connectivity index (χ0) is 12.3. The molecule has 1 aromatic rings. The van der Waals surface area contributed by atoms with E-state index in [1.54, 1.807) is 0 Å². The summed E-state index contributed by atoms with van der Waals surface area (Å²) in [6, 6.07) is 1.17. The predicted octanol–water partition coefficient (Wildman–Crippen LogP) is -0.582. The normalized spacial score (nSPS) is 12.4. The van der Waals surface area contributed by atoms with E-state index in [1.807, 2.05) is 0 Å². The van der Waals surface area contributed by atoms with Crippen LogP contribution in [0.1, 0.15) is 5.56 Å². The minimum Gasteiger partial charge on any atom is -0.394 e. The average molecular weight is 228 g/mol. The first-order valence-corrected chi connectivity index (χ1v) is 4.60. The number of hydrogen-bond donors (Lipinski definition) is 2. The van der Waals surface area contributed by atoms with Gasteiger partial charge in [0.25, 0.3) is 11.2 Å². The molecule has 0 amide bonds. The Morgan fingerprint density at radius 3 is 2.75 bits per heavy atom. The molecule has 0 spiro atoms. The van der Waals surface area contributed by atoms with Crippen LogP contribution >= 0.6 is 0 Å². The van der Waals surface area contributed by atoms with Crippen molar-refractivity contribution in [2.45, 2.75) is 19.6 Å². The number of rotatable bonds is 4. The van der Waals surface area contributed by atoms with Gasteiger partial charge in [-0.15, -0.1) is 0 Å². The van der Waals surface area contributed by atoms with E-state index >= 15 is 0 Å². The largest absolute Gasteiger partial charge is 0.394 e. The topological polar surface area (TPSA) is 106 Å². The summed E-state index contributed by atoms with van der Waals surface area (Å²) >= 11 is 0. The minimum atomic E-state index is -1.11. The lowest BCUT2D eigenvalue weighted by Crippen LogP contribution is -2.29. The standard InChI is InChI=1S/C9H12N2O5/c1-6-2-7(11(15)16)3-10(9(6)14)4-8(13)5-12/h2-3,8,12-13H,4-5H2,1H3. The summed E-state index contributed by atoms with van der Waals surface area (Å²) in [7, 11) is 0. The summed E-state index contributed by atoms with van der Waals surface area (Å²) in [6.07, 6.45) is -0.0621. The first-order valence-electron chi connectivity index (χ1n) is 4.60. The molecule has 7 heteroatoms. The second kappa shape index (κ2) is 4.86. The lowest BCUT2D eigenvalue weighted by Gasteiger charge is -2.10. The van der Waals surface area contributed by atoms with Crippen molar-refractivity contribution in [1.29, 1.82) is 0 Å². The lowest BCUT2D eigenvalue weighted by molar-refractivity contribution is -0.385. The van der Waals surface area contributed by atoms with Crippen molar-refractivity contribution < 1.29 is 15.1 Å². The van der Waals surface area contributed by atoms with Gasteiger partial charge in [-0.25, -0.2) is 0 Å². The third-order valence-electron chi connectivity index (χ3n) is 2.08. The van der Waals surface area contributed by atoms with Crippen LogP contribution in [0.3, 0.4) is 0 Å². The van der Waals surface area contributed by atoms with Gasteiger partial charge in [-0.1, -0.05) is 0 Å². The number of nitro groups is 1. The summed E-state index contributed by atoms with van der Waals surface area (Å²) in [5.41, 5.74) is -0.417. The van der Waals surface area contributed by atoms with Crippen LogP contribution in [-0.4, -0.2) is 32.4 Å². The minimum absolute atomic E-state index is 0.169. The molecule has 1 rings (SSSR count). The Labute approximate surface area is 90.7 Å². The average Bonchev–Trinajstić information content (AvgIpc) is 2.23. The molecule has 0 fully saturated rings. The summed E-state index contributed by atoms with van der Waals surface area (Å²) in [5, 5.41) is 28.4. The van der Waals surface area contributed by atoms with E-state index in [2.05, 4.69) is 0 Å². The number of aliphatic hydroxyl groups excluding tert-OH is 2. The zero-order valence-electron chi connectivity index (χ0n) is 8.66. The molecule has 0 saturated carbocycles. The molecule has 1 heterocycles. The van der Waals surface area contributed by atoms with E-state index in [1.165, 1.54) is 13.0 Å². The van der Waals surface area contributed by atoms with E-state index in [-0.39, 0.29) is 17.8 Å². The first kappa shape index (κ1) is 12.3. The Morgan fingerprint density at radius 2 is 2.25 bits per heavy atom. The van der Waals surface area contributed by atoms with Gasteiger partial charge in [0.05, 0.1) is 30.4 Å². The highest BCUT2D eigenvalue weighted by Crippen LogP contribution is 2.09. The molecule has 1 unspecified atom stereocenters. The molecular formula is C9H12N2O5. The van der Waals surface area contributed by atoms with Crippen molar-refractivity contribution in [1.82, 2.24) is 4.57 Å². The molecule has 1 atom stereocenters. The van der Waals surface area contributed by atoms with E-state index in [9.17, 15) is 20.0 Å². The fraction of sp³-hybridized carbons (Fsp3) is 0.444. The van der Waals surface area contributed by atoms with Crippen LogP contribution in [0.25, 0.3) is 0 Å². The van der Waals surface area contributed by atoms with Gasteiger partial charge in [0, 0.05) is 11.6 Å². The Kier molecular flexibility index (Phi) is 3.75. The van der Waals surface area contributed by atoms with Gasteiger partial charge in [0.1, 0.15) is 0 Å². The second-order valence-corrected chi connectivity index (χ2v) is 3.43. The maximum atomic E-state index is 11.5. The van der Waals surface area contributed by atoms with Crippen molar-refractivity contribution in [3.05, 3.63) is 38.3 Å². The van der Waals surface area contributed by atoms with E-state index in [0.29, 0.717) is 0 Å². The van der Waals surface area contributed by atoms with Crippen LogP contribution in [0.5, 0.6) is 0 Å². The molecule has 7 nitrogen and oxygen atoms in total. The van der Waals surface area contributed by atoms with Crippen LogP contribution in [0.15, 0.2) is 17.1 Å². The van der Waals surface area contributed by atoms with Gasteiger partial charge < -0.3 is 14.8 Å². The van der Waals surface area contributed by atoms with Gasteiger partial charge in [0.15, 0.2) is 0 Å². The monoisotopic (exact) mass is 228 g/mol. The lowest BCUT2D eigenvalue weighted by atomic mass is 10.2. The maximum Gasteiger partial charge on any atom is 0.286 e. The molecule has 0 bridgehead atoms. The third kappa shape index (κ3) is 2.65. The summed E-state index contributed by atoms with van der Waals surface area (Å²) in [5.74, 6) is 0. The maximum absolute atomic E-state index is 11.5. The highest BCUT2D eigenvalue weighted by atomic mass is 16.6. The van der Waals surface area contributed by atoms with Gasteiger partial charge in [-0.05, 0) is 6.92 Å². The molecule has 88 valence electrons. The Morgan fingerprint density at radius 1 is 1.62 bits per heavy atom. The second-order valence-electron chi connectivity index (χ2n) is 3.43. The van der Waals surface area contributed by atoms with Crippen molar-refractivity contribution in [2.75, 3.05) is 6.61 Å². The fourth-order valence-electron chi connectivity index (χ4n) is 1.29. The molecule has 0 aromatic carbocycles. The smallest absolute Gasteiger partial charge is 0.286 e. The molecule has 0 aliphatic heterocycles. The molecule has 0 aliphatic rings. The quantitative estimate of drug-likeness (QED) is 0.529. The Balaban J connectivity index is 3.17. The predicted molar refractivity (Wildman–Crippen MR) is 55.2 cm³/mol. The van der Waals surface area contributed by atoms with Gasteiger partial charge in [0.2, 0.25) is 0 Å². The van der Waals surface area contributed by atoms with Crippen LogP contribution in [0, 0.1) is 17.0 Å². The van der Waals surface area contributed by atoms with E-state index in [0.717, 1.165) is 10.8 Å². The number of nitrogens with zero attached hydrogens (tertiary/aromatic N) is 2. The summed E-state index contributed by atoms with van der Waals surface area (Å²) in [4.78, 5) is 21.5. The number of aliphatic hydroxyl groups is 2. The number of hydrogen-bond acceptors (Lipinski definition) is 5. The fourth-order valence-corrected chi connectivity index (χ4v) is 1.29. The molecule has 0 radical (unpaired) electrons. The Bertz CT molecular complexity index is 454. The molecule has 0 saturated heterocycles. The van der Waals surface area contributed by atoms with E-state index < -0.39 is 23.2 Å². The highest BCUT2D eigenvalue weighted by Gasteiger charge is 2.13. The van der Waals surface area contributed by atoms with Crippen molar-refractivity contribution in [3.8, 4) is 0 Å². The number of pyridine rings is 1. The zero-order valence-corrected chi connectivity index (χ0v) is 8.66. The third-order valence-corrected chi connectivity index (χ3v) is 2.08. The SMILES string of the molecule is Cc1cc([N+](=O)[O-])cn(CC(O)CO)c1=O. The van der Waals surface area contributed by atoms with Crippen LogP contribution in [0.4, 0.5) is 5.69 Å². The van der Waals surface area contributed by atoms with Crippen molar-refractivity contribution in [2.24, 2.45) is 0 Å². The molecule has 1 aromatic heterocycles.